The zero-order valence-electron chi connectivity index (χ0n) is 10.6. The SMILES string of the molecule is N#Cc1ccc(Cl)c(S(=O)(=O)N2CC(O)C[C@H]2C(=O)O)c1. The molecule has 1 fully saturated rings. The van der Waals surface area contributed by atoms with Gasteiger partial charge in [0.2, 0.25) is 10.0 Å². The second-order valence-corrected chi connectivity index (χ2v) is 6.84. The Labute approximate surface area is 126 Å². The molecule has 0 saturated carbocycles. The van der Waals surface area contributed by atoms with Gasteiger partial charge in [0.05, 0.1) is 22.8 Å². The number of rotatable bonds is 3. The Balaban J connectivity index is 2.52. The zero-order valence-corrected chi connectivity index (χ0v) is 12.2. The van der Waals surface area contributed by atoms with E-state index >= 15 is 0 Å². The van der Waals surface area contributed by atoms with Gasteiger partial charge in [-0.2, -0.15) is 9.57 Å². The lowest BCUT2D eigenvalue weighted by atomic mass is 10.2. The molecule has 1 aromatic carbocycles. The minimum absolute atomic E-state index is 0.0876. The van der Waals surface area contributed by atoms with E-state index in [-0.39, 0.29) is 28.4 Å². The number of aliphatic hydroxyl groups is 1. The number of hydrogen-bond donors (Lipinski definition) is 2. The standard InChI is InChI=1S/C12H11ClN2O5S/c13-9-2-1-7(5-14)3-11(9)21(19,20)15-6-8(16)4-10(15)12(17)18/h1-3,8,10,16H,4,6H2,(H,17,18)/t8?,10-/m0/s1. The molecule has 1 aliphatic heterocycles. The smallest absolute Gasteiger partial charge is 0.322 e. The van der Waals surface area contributed by atoms with Crippen LogP contribution in [0.5, 0.6) is 0 Å². The van der Waals surface area contributed by atoms with Crippen molar-refractivity contribution in [2.24, 2.45) is 0 Å². The first kappa shape index (κ1) is 15.7. The van der Waals surface area contributed by atoms with E-state index in [0.717, 1.165) is 6.07 Å². The molecule has 0 radical (unpaired) electrons. The third-order valence-corrected chi connectivity index (χ3v) is 5.52. The minimum atomic E-state index is -4.22. The third kappa shape index (κ3) is 2.87. The number of aliphatic carboxylic acids is 1. The maximum Gasteiger partial charge on any atom is 0.322 e. The van der Waals surface area contributed by atoms with Crippen molar-refractivity contribution in [3.63, 3.8) is 0 Å². The Hall–Kier alpha value is -1.66. The topological polar surface area (TPSA) is 119 Å². The minimum Gasteiger partial charge on any atom is -0.480 e. The van der Waals surface area contributed by atoms with E-state index in [9.17, 15) is 18.3 Å². The lowest BCUT2D eigenvalue weighted by molar-refractivity contribution is -0.140. The van der Waals surface area contributed by atoms with Crippen LogP contribution in [-0.2, 0) is 14.8 Å². The molecule has 7 nitrogen and oxygen atoms in total. The Morgan fingerprint density at radius 2 is 2.14 bits per heavy atom. The molecule has 9 heteroatoms. The highest BCUT2D eigenvalue weighted by Crippen LogP contribution is 2.31. The number of nitriles is 1. The zero-order chi connectivity index (χ0) is 15.8. The quantitative estimate of drug-likeness (QED) is 0.829. The number of carbonyl (C=O) groups is 1. The van der Waals surface area contributed by atoms with E-state index in [2.05, 4.69) is 0 Å². The summed E-state index contributed by atoms with van der Waals surface area (Å²) in [5.74, 6) is -1.34. The Morgan fingerprint density at radius 1 is 1.48 bits per heavy atom. The molecule has 0 aromatic heterocycles. The molecule has 2 rings (SSSR count). The van der Waals surface area contributed by atoms with Gasteiger partial charge < -0.3 is 10.2 Å². The van der Waals surface area contributed by atoms with Crippen LogP contribution in [0.2, 0.25) is 5.02 Å². The molecule has 1 aromatic rings. The first-order valence-corrected chi connectivity index (χ1v) is 7.71. The van der Waals surface area contributed by atoms with E-state index in [1.54, 1.807) is 6.07 Å². The Kier molecular flexibility index (Phi) is 4.20. The van der Waals surface area contributed by atoms with E-state index in [1.165, 1.54) is 12.1 Å². The normalized spacial score (nSPS) is 22.9. The summed E-state index contributed by atoms with van der Waals surface area (Å²) in [4.78, 5) is 10.8. The molecule has 0 spiro atoms. The lowest BCUT2D eigenvalue weighted by Crippen LogP contribution is -2.40. The van der Waals surface area contributed by atoms with Crippen molar-refractivity contribution in [2.75, 3.05) is 6.54 Å². The largest absolute Gasteiger partial charge is 0.480 e. The van der Waals surface area contributed by atoms with Gasteiger partial charge in [0, 0.05) is 13.0 Å². The predicted octanol–water partition coefficient (Wildman–Crippen LogP) is 0.420. The monoisotopic (exact) mass is 330 g/mol. The van der Waals surface area contributed by atoms with Crippen LogP contribution in [0.3, 0.4) is 0 Å². The Bertz CT molecular complexity index is 728. The number of carboxylic acids is 1. The average molecular weight is 331 g/mol. The second kappa shape index (κ2) is 5.61. The molecule has 1 heterocycles. The van der Waals surface area contributed by atoms with E-state index in [4.69, 9.17) is 22.0 Å². The second-order valence-electron chi connectivity index (χ2n) is 4.58. The fourth-order valence-corrected chi connectivity index (χ4v) is 4.30. The van der Waals surface area contributed by atoms with Crippen LogP contribution in [0, 0.1) is 11.3 Å². The highest BCUT2D eigenvalue weighted by atomic mass is 35.5. The van der Waals surface area contributed by atoms with Gasteiger partial charge in [-0.15, -0.1) is 0 Å². The average Bonchev–Trinajstić information content (AvgIpc) is 2.82. The molecule has 1 saturated heterocycles. The summed E-state index contributed by atoms with van der Waals surface area (Å²) in [5, 5.41) is 27.3. The van der Waals surface area contributed by atoms with Crippen molar-refractivity contribution in [2.45, 2.75) is 23.5 Å². The highest BCUT2D eigenvalue weighted by molar-refractivity contribution is 7.89. The molecule has 1 aliphatic rings. The van der Waals surface area contributed by atoms with Crippen LogP contribution >= 0.6 is 11.6 Å². The maximum atomic E-state index is 12.5. The van der Waals surface area contributed by atoms with Gasteiger partial charge in [-0.05, 0) is 18.2 Å². The molecule has 2 atom stereocenters. The first-order valence-electron chi connectivity index (χ1n) is 5.89. The molecular weight excluding hydrogens is 320 g/mol. The van der Waals surface area contributed by atoms with Gasteiger partial charge in [0.1, 0.15) is 10.9 Å². The molecule has 112 valence electrons. The predicted molar refractivity (Wildman–Crippen MR) is 72.1 cm³/mol. The summed E-state index contributed by atoms with van der Waals surface area (Å²) < 4.78 is 25.8. The summed E-state index contributed by atoms with van der Waals surface area (Å²) in [6.07, 6.45) is -1.25. The van der Waals surface area contributed by atoms with Crippen molar-refractivity contribution >= 4 is 27.6 Å². The van der Waals surface area contributed by atoms with Crippen LogP contribution in [0.25, 0.3) is 0 Å². The summed E-state index contributed by atoms with van der Waals surface area (Å²) in [7, 11) is -4.22. The summed E-state index contributed by atoms with van der Waals surface area (Å²) in [6.45, 7) is -0.327. The molecule has 2 N–H and O–H groups in total. The van der Waals surface area contributed by atoms with E-state index in [0.29, 0.717) is 4.31 Å². The first-order chi connectivity index (χ1) is 9.77. The number of carboxylic acid groups (broad SMARTS) is 1. The van der Waals surface area contributed by atoms with Crippen molar-refractivity contribution in [1.82, 2.24) is 4.31 Å². The summed E-state index contributed by atoms with van der Waals surface area (Å²) >= 11 is 5.85. The number of benzene rings is 1. The van der Waals surface area contributed by atoms with Gasteiger partial charge in [-0.1, -0.05) is 11.6 Å². The van der Waals surface area contributed by atoms with E-state index in [1.807, 2.05) is 0 Å². The van der Waals surface area contributed by atoms with Gasteiger partial charge in [-0.25, -0.2) is 8.42 Å². The number of β-amino-alcohol motifs (C(OH)–C–C–N with tert-alkyl or cyclic N) is 1. The van der Waals surface area contributed by atoms with Gasteiger partial charge in [0.15, 0.2) is 0 Å². The number of aliphatic hydroxyl groups excluding tert-OH is 1. The van der Waals surface area contributed by atoms with Gasteiger partial charge >= 0.3 is 5.97 Å². The van der Waals surface area contributed by atoms with Crippen molar-refractivity contribution < 1.29 is 23.4 Å². The molecular formula is C12H11ClN2O5S. The van der Waals surface area contributed by atoms with Gasteiger partial charge in [-0.3, -0.25) is 4.79 Å². The van der Waals surface area contributed by atoms with Crippen molar-refractivity contribution in [1.29, 1.82) is 5.26 Å². The van der Waals surface area contributed by atoms with Crippen LogP contribution in [0.15, 0.2) is 23.1 Å². The summed E-state index contributed by atoms with van der Waals surface area (Å²) in [5.41, 5.74) is 0.0876. The molecule has 0 bridgehead atoms. The van der Waals surface area contributed by atoms with E-state index < -0.39 is 28.1 Å². The lowest BCUT2D eigenvalue weighted by Gasteiger charge is -2.21. The van der Waals surface area contributed by atoms with Crippen LogP contribution < -0.4 is 0 Å². The number of nitrogens with zero attached hydrogens (tertiary/aromatic N) is 2. The molecule has 0 aliphatic carbocycles. The van der Waals surface area contributed by atoms with Crippen LogP contribution in [0.4, 0.5) is 0 Å². The number of sulfonamides is 1. The Morgan fingerprint density at radius 3 is 2.71 bits per heavy atom. The van der Waals surface area contributed by atoms with Crippen molar-refractivity contribution in [3.05, 3.63) is 28.8 Å². The maximum absolute atomic E-state index is 12.5. The van der Waals surface area contributed by atoms with Crippen molar-refractivity contribution in [3.8, 4) is 6.07 Å². The number of hydrogen-bond acceptors (Lipinski definition) is 5. The molecule has 0 amide bonds. The van der Waals surface area contributed by atoms with Crippen LogP contribution in [-0.4, -0.2) is 47.6 Å². The third-order valence-electron chi connectivity index (χ3n) is 3.17. The van der Waals surface area contributed by atoms with Crippen LogP contribution in [0.1, 0.15) is 12.0 Å². The van der Waals surface area contributed by atoms with Gasteiger partial charge in [0.25, 0.3) is 0 Å². The molecule has 1 unspecified atom stereocenters. The number of halogens is 1. The summed E-state index contributed by atoms with van der Waals surface area (Å²) in [6, 6.07) is 4.14. The highest BCUT2D eigenvalue weighted by Gasteiger charge is 2.44. The fourth-order valence-electron chi connectivity index (χ4n) is 2.17. The fraction of sp³-hybridized carbons (Fsp3) is 0.333. The molecule has 21 heavy (non-hydrogen) atoms.